The largest absolute Gasteiger partial charge is 0.380 e. The van der Waals surface area contributed by atoms with E-state index in [0.717, 1.165) is 19.3 Å². The second-order valence-corrected chi connectivity index (χ2v) is 3.34. The van der Waals surface area contributed by atoms with Gasteiger partial charge in [0.25, 0.3) is 0 Å². The Kier molecular flexibility index (Phi) is 6.39. The summed E-state index contributed by atoms with van der Waals surface area (Å²) in [4.78, 5) is 0. The van der Waals surface area contributed by atoms with E-state index in [2.05, 4.69) is 20.8 Å². The first kappa shape index (κ1) is 11.9. The van der Waals surface area contributed by atoms with Crippen molar-refractivity contribution in [2.24, 2.45) is 11.7 Å². The van der Waals surface area contributed by atoms with Crippen molar-refractivity contribution in [2.75, 3.05) is 7.11 Å². The van der Waals surface area contributed by atoms with Gasteiger partial charge in [-0.1, -0.05) is 33.6 Å². The summed E-state index contributed by atoms with van der Waals surface area (Å²) >= 11 is 0. The van der Waals surface area contributed by atoms with Crippen molar-refractivity contribution in [1.29, 1.82) is 0 Å². The normalized spacial score (nSPS) is 16.5. The molecule has 2 atom stereocenters. The molecular formula is C10H23NO. The standard InChI is InChI=1S/C10H23NO/c1-5-8(6-2)10(11)9(7-3)12-4/h8-10H,5-7,11H2,1-4H3. The van der Waals surface area contributed by atoms with E-state index in [0.29, 0.717) is 5.92 Å². The third-order valence-corrected chi connectivity index (χ3v) is 2.73. The van der Waals surface area contributed by atoms with Gasteiger partial charge >= 0.3 is 0 Å². The van der Waals surface area contributed by atoms with E-state index in [-0.39, 0.29) is 12.1 Å². The minimum atomic E-state index is 0.204. The molecule has 0 amide bonds. The predicted octanol–water partition coefficient (Wildman–Crippen LogP) is 2.17. The van der Waals surface area contributed by atoms with E-state index >= 15 is 0 Å². The van der Waals surface area contributed by atoms with Crippen molar-refractivity contribution in [3.8, 4) is 0 Å². The lowest BCUT2D eigenvalue weighted by Gasteiger charge is -2.27. The fraction of sp³-hybridized carbons (Fsp3) is 1.00. The number of hydrogen-bond acceptors (Lipinski definition) is 2. The van der Waals surface area contributed by atoms with Gasteiger partial charge in [-0.15, -0.1) is 0 Å². The van der Waals surface area contributed by atoms with Crippen LogP contribution in [0, 0.1) is 5.92 Å². The SMILES string of the molecule is CCC(CC)C(N)C(CC)OC. The van der Waals surface area contributed by atoms with Crippen LogP contribution in [0.2, 0.25) is 0 Å². The average Bonchev–Trinajstić information content (AvgIpc) is 2.09. The Morgan fingerprint density at radius 2 is 1.58 bits per heavy atom. The molecule has 2 nitrogen and oxygen atoms in total. The number of ether oxygens (including phenoxy) is 1. The highest BCUT2D eigenvalue weighted by atomic mass is 16.5. The third-order valence-electron chi connectivity index (χ3n) is 2.73. The smallest absolute Gasteiger partial charge is 0.0722 e. The molecule has 0 aromatic carbocycles. The fourth-order valence-corrected chi connectivity index (χ4v) is 1.73. The Hall–Kier alpha value is -0.0800. The zero-order valence-corrected chi connectivity index (χ0v) is 8.84. The molecule has 0 rings (SSSR count). The number of rotatable bonds is 6. The van der Waals surface area contributed by atoms with Crippen LogP contribution in [0.15, 0.2) is 0 Å². The number of nitrogens with two attached hydrogens (primary N) is 1. The molecule has 0 saturated carbocycles. The van der Waals surface area contributed by atoms with Gasteiger partial charge < -0.3 is 10.5 Å². The zero-order valence-electron chi connectivity index (χ0n) is 8.84. The van der Waals surface area contributed by atoms with Crippen LogP contribution in [0.3, 0.4) is 0 Å². The van der Waals surface area contributed by atoms with Crippen LogP contribution >= 0.6 is 0 Å². The summed E-state index contributed by atoms with van der Waals surface area (Å²) in [7, 11) is 1.75. The molecule has 0 heterocycles. The maximum Gasteiger partial charge on any atom is 0.0722 e. The highest BCUT2D eigenvalue weighted by Gasteiger charge is 2.22. The van der Waals surface area contributed by atoms with Gasteiger partial charge in [-0.05, 0) is 12.3 Å². The van der Waals surface area contributed by atoms with Crippen molar-refractivity contribution in [2.45, 2.75) is 52.2 Å². The van der Waals surface area contributed by atoms with Crippen molar-refractivity contribution in [1.82, 2.24) is 0 Å². The molecular weight excluding hydrogens is 150 g/mol. The van der Waals surface area contributed by atoms with E-state index < -0.39 is 0 Å². The second kappa shape index (κ2) is 6.44. The van der Waals surface area contributed by atoms with Gasteiger partial charge in [0.1, 0.15) is 0 Å². The predicted molar refractivity (Wildman–Crippen MR) is 53.1 cm³/mol. The average molecular weight is 173 g/mol. The summed E-state index contributed by atoms with van der Waals surface area (Å²) in [5.74, 6) is 0.606. The lowest BCUT2D eigenvalue weighted by atomic mass is 9.90. The molecule has 0 aromatic heterocycles. The Balaban J connectivity index is 4.02. The molecule has 74 valence electrons. The minimum absolute atomic E-state index is 0.204. The van der Waals surface area contributed by atoms with Crippen molar-refractivity contribution in [3.63, 3.8) is 0 Å². The maximum absolute atomic E-state index is 6.08. The van der Waals surface area contributed by atoms with Gasteiger partial charge in [-0.3, -0.25) is 0 Å². The van der Waals surface area contributed by atoms with Gasteiger partial charge in [-0.2, -0.15) is 0 Å². The fourth-order valence-electron chi connectivity index (χ4n) is 1.73. The summed E-state index contributed by atoms with van der Waals surface area (Å²) < 4.78 is 5.32. The molecule has 0 aliphatic heterocycles. The van der Waals surface area contributed by atoms with Crippen LogP contribution in [-0.2, 0) is 4.74 Å². The van der Waals surface area contributed by atoms with Gasteiger partial charge in [0, 0.05) is 13.2 Å². The van der Waals surface area contributed by atoms with E-state index in [4.69, 9.17) is 10.5 Å². The summed E-state index contributed by atoms with van der Waals surface area (Å²) in [6, 6.07) is 0.204. The zero-order chi connectivity index (χ0) is 9.56. The Morgan fingerprint density at radius 1 is 1.08 bits per heavy atom. The Bertz CT molecular complexity index is 86.0. The maximum atomic E-state index is 6.08. The molecule has 0 spiro atoms. The summed E-state index contributed by atoms with van der Waals surface area (Å²) in [5, 5.41) is 0. The summed E-state index contributed by atoms with van der Waals surface area (Å²) in [6.45, 7) is 6.50. The molecule has 2 unspecified atom stereocenters. The summed E-state index contributed by atoms with van der Waals surface area (Å²) in [5.41, 5.74) is 6.08. The van der Waals surface area contributed by atoms with Gasteiger partial charge in [0.15, 0.2) is 0 Å². The van der Waals surface area contributed by atoms with Crippen LogP contribution in [0.1, 0.15) is 40.0 Å². The van der Waals surface area contributed by atoms with Gasteiger partial charge in [-0.25, -0.2) is 0 Å². The topological polar surface area (TPSA) is 35.2 Å². The van der Waals surface area contributed by atoms with E-state index in [9.17, 15) is 0 Å². The van der Waals surface area contributed by atoms with Gasteiger partial charge in [0.05, 0.1) is 6.10 Å². The second-order valence-electron chi connectivity index (χ2n) is 3.34. The first-order valence-electron chi connectivity index (χ1n) is 4.99. The van der Waals surface area contributed by atoms with Crippen molar-refractivity contribution < 1.29 is 4.74 Å². The Morgan fingerprint density at radius 3 is 1.83 bits per heavy atom. The molecule has 0 saturated heterocycles. The van der Waals surface area contributed by atoms with Crippen LogP contribution in [0.25, 0.3) is 0 Å². The van der Waals surface area contributed by atoms with Gasteiger partial charge in [0.2, 0.25) is 0 Å². The lowest BCUT2D eigenvalue weighted by molar-refractivity contribution is 0.0570. The van der Waals surface area contributed by atoms with Crippen molar-refractivity contribution >= 4 is 0 Å². The monoisotopic (exact) mass is 173 g/mol. The summed E-state index contributed by atoms with van der Waals surface area (Å²) in [6.07, 6.45) is 3.54. The molecule has 0 aliphatic carbocycles. The molecule has 0 bridgehead atoms. The quantitative estimate of drug-likeness (QED) is 0.668. The van der Waals surface area contributed by atoms with E-state index in [1.807, 2.05) is 0 Å². The van der Waals surface area contributed by atoms with Crippen LogP contribution in [0.5, 0.6) is 0 Å². The third kappa shape index (κ3) is 3.11. The van der Waals surface area contributed by atoms with Crippen molar-refractivity contribution in [3.05, 3.63) is 0 Å². The Labute approximate surface area is 76.5 Å². The molecule has 2 N–H and O–H groups in total. The minimum Gasteiger partial charge on any atom is -0.380 e. The molecule has 2 heteroatoms. The molecule has 0 fully saturated rings. The highest BCUT2D eigenvalue weighted by molar-refractivity contribution is 4.78. The highest BCUT2D eigenvalue weighted by Crippen LogP contribution is 2.17. The molecule has 12 heavy (non-hydrogen) atoms. The van der Waals surface area contributed by atoms with Crippen LogP contribution in [0.4, 0.5) is 0 Å². The molecule has 0 aliphatic rings. The molecule has 0 aromatic rings. The first-order chi connectivity index (χ1) is 5.71. The first-order valence-corrected chi connectivity index (χ1v) is 4.99. The van der Waals surface area contributed by atoms with E-state index in [1.165, 1.54) is 0 Å². The van der Waals surface area contributed by atoms with Crippen LogP contribution in [-0.4, -0.2) is 19.3 Å². The van der Waals surface area contributed by atoms with Crippen LogP contribution < -0.4 is 5.73 Å². The number of hydrogen-bond donors (Lipinski definition) is 1. The lowest BCUT2D eigenvalue weighted by Crippen LogP contribution is -2.41. The van der Waals surface area contributed by atoms with E-state index in [1.54, 1.807) is 7.11 Å². The number of methoxy groups -OCH3 is 1. The molecule has 0 radical (unpaired) electrons.